The molecule has 5 heteroatoms. The minimum atomic E-state index is -0.845. The Balaban J connectivity index is 1.81. The van der Waals surface area contributed by atoms with Crippen molar-refractivity contribution in [3.63, 3.8) is 0 Å². The van der Waals surface area contributed by atoms with Gasteiger partial charge in [0.1, 0.15) is 0 Å². The predicted octanol–water partition coefficient (Wildman–Crippen LogP) is 2.09. The van der Waals surface area contributed by atoms with Crippen LogP contribution in [0.15, 0.2) is 24.3 Å². The number of carboxylic acids is 1. The molecule has 2 rings (SSSR count). The number of rotatable bonds is 5. The van der Waals surface area contributed by atoms with Crippen LogP contribution in [0.1, 0.15) is 35.2 Å². The summed E-state index contributed by atoms with van der Waals surface area (Å²) in [4.78, 5) is 24.6. The smallest absolute Gasteiger partial charge is 0.305 e. The molecule has 0 atom stereocenters. The molecule has 0 spiro atoms. The first kappa shape index (κ1) is 15.5. The number of carbonyl (C=O) groups excluding carboxylic acids is 1. The molecule has 5 nitrogen and oxygen atoms in total. The summed E-state index contributed by atoms with van der Waals surface area (Å²) in [6.45, 7) is 3.53. The highest BCUT2D eigenvalue weighted by molar-refractivity contribution is 5.94. The van der Waals surface area contributed by atoms with Crippen molar-refractivity contribution >= 4 is 11.9 Å². The fraction of sp³-hybridized carbons (Fsp3) is 0.500. The van der Waals surface area contributed by atoms with E-state index in [0.29, 0.717) is 13.1 Å². The molecule has 1 aromatic carbocycles. The van der Waals surface area contributed by atoms with E-state index in [-0.39, 0.29) is 25.0 Å². The van der Waals surface area contributed by atoms with Gasteiger partial charge in [0.2, 0.25) is 0 Å². The molecule has 21 heavy (non-hydrogen) atoms. The maximum absolute atomic E-state index is 12.4. The molecule has 1 N–H and O–H groups in total. The Bertz CT molecular complexity index is 507. The van der Waals surface area contributed by atoms with Crippen molar-refractivity contribution in [3.05, 3.63) is 35.4 Å². The van der Waals surface area contributed by atoms with Gasteiger partial charge >= 0.3 is 5.97 Å². The molecule has 0 saturated carbocycles. The second-order valence-electron chi connectivity index (χ2n) is 5.38. The topological polar surface area (TPSA) is 66.8 Å². The van der Waals surface area contributed by atoms with Crippen molar-refractivity contribution in [1.82, 2.24) is 4.90 Å². The van der Waals surface area contributed by atoms with Crippen molar-refractivity contribution in [3.8, 4) is 0 Å². The molecule has 1 amide bonds. The third kappa shape index (κ3) is 4.56. The van der Waals surface area contributed by atoms with Gasteiger partial charge in [-0.1, -0.05) is 17.7 Å². The number of piperidine rings is 1. The minimum absolute atomic E-state index is 0.0302. The van der Waals surface area contributed by atoms with E-state index < -0.39 is 5.97 Å². The SMILES string of the molecule is Cc1cccc(C(=O)N2CCC(OCCC(=O)O)CC2)c1. The largest absolute Gasteiger partial charge is 0.481 e. The number of ether oxygens (including phenoxy) is 1. The standard InChI is InChI=1S/C16H21NO4/c1-12-3-2-4-13(11-12)16(20)17-8-5-14(6-9-17)21-10-7-15(18)19/h2-4,11,14H,5-10H2,1H3,(H,18,19). The molecule has 0 bridgehead atoms. The Labute approximate surface area is 124 Å². The van der Waals surface area contributed by atoms with Crippen LogP contribution < -0.4 is 0 Å². The number of hydrogen-bond donors (Lipinski definition) is 1. The van der Waals surface area contributed by atoms with Crippen LogP contribution >= 0.6 is 0 Å². The molecule has 1 heterocycles. The lowest BCUT2D eigenvalue weighted by Crippen LogP contribution is -2.41. The Hall–Kier alpha value is -1.88. The van der Waals surface area contributed by atoms with Gasteiger partial charge in [0, 0.05) is 18.7 Å². The Morgan fingerprint density at radius 3 is 2.67 bits per heavy atom. The highest BCUT2D eigenvalue weighted by Gasteiger charge is 2.24. The van der Waals surface area contributed by atoms with Gasteiger partial charge in [0.25, 0.3) is 5.91 Å². The molecular formula is C16H21NO4. The number of likely N-dealkylation sites (tertiary alicyclic amines) is 1. The van der Waals surface area contributed by atoms with Crippen LogP contribution in [-0.4, -0.2) is 47.7 Å². The molecule has 0 unspecified atom stereocenters. The zero-order chi connectivity index (χ0) is 15.2. The van der Waals surface area contributed by atoms with E-state index in [9.17, 15) is 9.59 Å². The summed E-state index contributed by atoms with van der Waals surface area (Å²) in [6.07, 6.45) is 1.61. The van der Waals surface area contributed by atoms with E-state index in [1.54, 1.807) is 0 Å². The number of aliphatic carboxylic acids is 1. The molecule has 114 valence electrons. The van der Waals surface area contributed by atoms with Crippen molar-refractivity contribution in [2.45, 2.75) is 32.3 Å². The van der Waals surface area contributed by atoms with Crippen LogP contribution in [0, 0.1) is 6.92 Å². The molecule has 1 aliphatic rings. The quantitative estimate of drug-likeness (QED) is 0.902. The summed E-state index contributed by atoms with van der Waals surface area (Å²) >= 11 is 0. The van der Waals surface area contributed by atoms with Crippen LogP contribution in [0.5, 0.6) is 0 Å². The molecule has 0 aromatic heterocycles. The first-order valence-corrected chi connectivity index (χ1v) is 7.25. The van der Waals surface area contributed by atoms with Crippen LogP contribution in [0.25, 0.3) is 0 Å². The van der Waals surface area contributed by atoms with Gasteiger partial charge in [-0.2, -0.15) is 0 Å². The lowest BCUT2D eigenvalue weighted by molar-refractivity contribution is -0.138. The van der Waals surface area contributed by atoms with Gasteiger partial charge in [-0.25, -0.2) is 0 Å². The first-order valence-electron chi connectivity index (χ1n) is 7.25. The fourth-order valence-electron chi connectivity index (χ4n) is 2.50. The van der Waals surface area contributed by atoms with Crippen molar-refractivity contribution in [1.29, 1.82) is 0 Å². The average Bonchev–Trinajstić information content (AvgIpc) is 2.47. The number of carbonyl (C=O) groups is 2. The summed E-state index contributed by atoms with van der Waals surface area (Å²) in [6, 6.07) is 7.60. The van der Waals surface area contributed by atoms with Crippen LogP contribution in [0.4, 0.5) is 0 Å². The summed E-state index contributed by atoms with van der Waals surface area (Å²) < 4.78 is 5.53. The Morgan fingerprint density at radius 2 is 2.05 bits per heavy atom. The Kier molecular flexibility index (Phi) is 5.33. The van der Waals surface area contributed by atoms with Crippen LogP contribution in [0.2, 0.25) is 0 Å². The van der Waals surface area contributed by atoms with Crippen molar-refractivity contribution < 1.29 is 19.4 Å². The minimum Gasteiger partial charge on any atom is -0.481 e. The molecule has 1 fully saturated rings. The highest BCUT2D eigenvalue weighted by Crippen LogP contribution is 2.17. The number of hydrogen-bond acceptors (Lipinski definition) is 3. The fourth-order valence-corrected chi connectivity index (χ4v) is 2.50. The third-order valence-corrected chi connectivity index (χ3v) is 3.66. The van der Waals surface area contributed by atoms with E-state index in [0.717, 1.165) is 24.0 Å². The third-order valence-electron chi connectivity index (χ3n) is 3.66. The second kappa shape index (κ2) is 7.22. The molecule has 1 aromatic rings. The molecule has 0 aliphatic carbocycles. The highest BCUT2D eigenvalue weighted by atomic mass is 16.5. The van der Waals surface area contributed by atoms with Gasteiger partial charge in [0.15, 0.2) is 0 Å². The zero-order valence-corrected chi connectivity index (χ0v) is 12.2. The molecule has 1 saturated heterocycles. The Morgan fingerprint density at radius 1 is 1.33 bits per heavy atom. The lowest BCUT2D eigenvalue weighted by Gasteiger charge is -2.32. The lowest BCUT2D eigenvalue weighted by atomic mass is 10.1. The number of aryl methyl sites for hydroxylation is 1. The number of amides is 1. The molecular weight excluding hydrogens is 270 g/mol. The summed E-state index contributed by atoms with van der Waals surface area (Å²) in [5.41, 5.74) is 1.80. The van der Waals surface area contributed by atoms with Gasteiger partial charge < -0.3 is 14.7 Å². The van der Waals surface area contributed by atoms with Crippen LogP contribution in [0.3, 0.4) is 0 Å². The summed E-state index contributed by atoms with van der Waals surface area (Å²) in [5, 5.41) is 8.57. The number of benzene rings is 1. The first-order chi connectivity index (χ1) is 10.1. The average molecular weight is 291 g/mol. The monoisotopic (exact) mass is 291 g/mol. The number of nitrogens with zero attached hydrogens (tertiary/aromatic N) is 1. The van der Waals surface area contributed by atoms with E-state index in [4.69, 9.17) is 9.84 Å². The van der Waals surface area contributed by atoms with Crippen molar-refractivity contribution in [2.24, 2.45) is 0 Å². The molecule has 0 radical (unpaired) electrons. The summed E-state index contributed by atoms with van der Waals surface area (Å²) in [5.74, 6) is -0.787. The van der Waals surface area contributed by atoms with Crippen LogP contribution in [-0.2, 0) is 9.53 Å². The van der Waals surface area contributed by atoms with E-state index in [1.165, 1.54) is 0 Å². The maximum atomic E-state index is 12.4. The van der Waals surface area contributed by atoms with Gasteiger partial charge in [-0.3, -0.25) is 9.59 Å². The zero-order valence-electron chi connectivity index (χ0n) is 12.2. The molecule has 1 aliphatic heterocycles. The van der Waals surface area contributed by atoms with Gasteiger partial charge in [0.05, 0.1) is 19.1 Å². The van der Waals surface area contributed by atoms with Gasteiger partial charge in [-0.15, -0.1) is 0 Å². The van der Waals surface area contributed by atoms with Crippen molar-refractivity contribution in [2.75, 3.05) is 19.7 Å². The van der Waals surface area contributed by atoms with E-state index >= 15 is 0 Å². The normalized spacial score (nSPS) is 16.0. The predicted molar refractivity (Wildman–Crippen MR) is 78.3 cm³/mol. The van der Waals surface area contributed by atoms with E-state index in [1.807, 2.05) is 36.1 Å². The second-order valence-corrected chi connectivity index (χ2v) is 5.38. The van der Waals surface area contributed by atoms with E-state index in [2.05, 4.69) is 0 Å². The number of carboxylic acid groups (broad SMARTS) is 1. The maximum Gasteiger partial charge on any atom is 0.305 e. The van der Waals surface area contributed by atoms with Gasteiger partial charge in [-0.05, 0) is 31.9 Å². The summed E-state index contributed by atoms with van der Waals surface area (Å²) in [7, 11) is 0.